The maximum Gasteiger partial charge on any atom is 0.259 e. The topological polar surface area (TPSA) is 54.5 Å². The largest absolute Gasteiger partial charge is 0.495 e. The van der Waals surface area contributed by atoms with Crippen LogP contribution >= 0.6 is 0 Å². The molecule has 1 heterocycles. The van der Waals surface area contributed by atoms with E-state index in [4.69, 9.17) is 4.74 Å². The van der Waals surface area contributed by atoms with Crippen LogP contribution in [0.25, 0.3) is 0 Å². The molecule has 110 valence electrons. The third-order valence-corrected chi connectivity index (χ3v) is 3.06. The molecule has 0 aliphatic rings. The summed E-state index contributed by atoms with van der Waals surface area (Å²) in [6, 6.07) is 9.14. The zero-order valence-corrected chi connectivity index (χ0v) is 12.7. The number of carbonyl (C=O) groups is 1. The molecule has 2 aromatic rings. The fourth-order valence-corrected chi connectivity index (χ4v) is 2.04. The minimum Gasteiger partial charge on any atom is -0.495 e. The van der Waals surface area contributed by atoms with Crippen LogP contribution in [0.15, 0.2) is 36.5 Å². The number of rotatable bonds is 4. The van der Waals surface area contributed by atoms with Crippen molar-refractivity contribution in [1.82, 2.24) is 4.98 Å². The normalized spacial score (nSPS) is 10.1. The Labute approximate surface area is 124 Å². The lowest BCUT2D eigenvalue weighted by molar-refractivity contribution is 0.102. The number of ether oxygens (including phenoxy) is 1. The molecule has 0 fully saturated rings. The minimum absolute atomic E-state index is 0.212. The molecule has 0 unspecified atom stereocenters. The van der Waals surface area contributed by atoms with E-state index in [9.17, 15) is 4.79 Å². The van der Waals surface area contributed by atoms with Crippen LogP contribution in [0.5, 0.6) is 5.75 Å². The number of nitrogens with one attached hydrogen (secondary N) is 1. The van der Waals surface area contributed by atoms with Crippen molar-refractivity contribution < 1.29 is 9.53 Å². The van der Waals surface area contributed by atoms with Gasteiger partial charge in [0.15, 0.2) is 0 Å². The highest BCUT2D eigenvalue weighted by atomic mass is 16.5. The van der Waals surface area contributed by atoms with Crippen molar-refractivity contribution in [2.75, 3.05) is 31.4 Å². The number of benzene rings is 1. The van der Waals surface area contributed by atoms with E-state index in [2.05, 4.69) is 10.3 Å². The molecule has 0 spiro atoms. The molecule has 2 rings (SSSR count). The Morgan fingerprint density at radius 3 is 2.71 bits per heavy atom. The monoisotopic (exact) mass is 285 g/mol. The van der Waals surface area contributed by atoms with Crippen LogP contribution in [0.4, 0.5) is 11.5 Å². The predicted molar refractivity (Wildman–Crippen MR) is 84.2 cm³/mol. The summed E-state index contributed by atoms with van der Waals surface area (Å²) in [4.78, 5) is 18.5. The van der Waals surface area contributed by atoms with E-state index < -0.39 is 0 Å². The number of anilines is 2. The van der Waals surface area contributed by atoms with Crippen LogP contribution in [0.2, 0.25) is 0 Å². The molecule has 1 aromatic carbocycles. The highest BCUT2D eigenvalue weighted by molar-refractivity contribution is 6.08. The van der Waals surface area contributed by atoms with Crippen molar-refractivity contribution in [3.8, 4) is 5.75 Å². The molecule has 21 heavy (non-hydrogen) atoms. The van der Waals surface area contributed by atoms with Gasteiger partial charge < -0.3 is 15.0 Å². The number of hydrogen-bond acceptors (Lipinski definition) is 4. The second-order valence-corrected chi connectivity index (χ2v) is 4.93. The van der Waals surface area contributed by atoms with Crippen molar-refractivity contribution in [3.63, 3.8) is 0 Å². The minimum atomic E-state index is -0.212. The molecule has 1 aromatic heterocycles. The number of aromatic nitrogens is 1. The molecule has 0 aliphatic heterocycles. The second kappa shape index (κ2) is 6.26. The fourth-order valence-electron chi connectivity index (χ4n) is 2.04. The zero-order chi connectivity index (χ0) is 15.4. The molecular weight excluding hydrogens is 266 g/mol. The molecule has 1 N–H and O–H groups in total. The quantitative estimate of drug-likeness (QED) is 0.938. The standard InChI is InChI=1S/C16H19N3O2/c1-11-7-8-14(21-4)13(10-11)18-16(20)12-6-5-9-17-15(12)19(2)3/h5-10H,1-4H3,(H,18,20). The van der Waals surface area contributed by atoms with Gasteiger partial charge in [0, 0.05) is 20.3 Å². The van der Waals surface area contributed by atoms with Crippen LogP contribution in [-0.2, 0) is 0 Å². The molecule has 1 amide bonds. The van der Waals surface area contributed by atoms with Gasteiger partial charge in [0.2, 0.25) is 0 Å². The van der Waals surface area contributed by atoms with Crippen LogP contribution in [0, 0.1) is 6.92 Å². The first kappa shape index (κ1) is 14.8. The van der Waals surface area contributed by atoms with Gasteiger partial charge in [-0.2, -0.15) is 0 Å². The van der Waals surface area contributed by atoms with E-state index in [0.717, 1.165) is 5.56 Å². The van der Waals surface area contributed by atoms with Crippen LogP contribution < -0.4 is 15.0 Å². The Morgan fingerprint density at radius 2 is 2.05 bits per heavy atom. The summed E-state index contributed by atoms with van der Waals surface area (Å²) in [6.07, 6.45) is 1.67. The van der Waals surface area contributed by atoms with Gasteiger partial charge >= 0.3 is 0 Å². The van der Waals surface area contributed by atoms with Crippen molar-refractivity contribution in [2.24, 2.45) is 0 Å². The summed E-state index contributed by atoms with van der Waals surface area (Å²) >= 11 is 0. The summed E-state index contributed by atoms with van der Waals surface area (Å²) in [5.74, 6) is 1.04. The Kier molecular flexibility index (Phi) is 4.42. The fraction of sp³-hybridized carbons (Fsp3) is 0.250. The van der Waals surface area contributed by atoms with E-state index in [1.807, 2.05) is 44.1 Å². The maximum absolute atomic E-state index is 12.5. The number of aryl methyl sites for hydroxylation is 1. The van der Waals surface area contributed by atoms with Gasteiger partial charge in [0.05, 0.1) is 18.4 Å². The van der Waals surface area contributed by atoms with Crippen LogP contribution in [0.1, 0.15) is 15.9 Å². The summed E-state index contributed by atoms with van der Waals surface area (Å²) in [5, 5.41) is 2.88. The van der Waals surface area contributed by atoms with E-state index in [1.165, 1.54) is 0 Å². The van der Waals surface area contributed by atoms with Crippen molar-refractivity contribution in [2.45, 2.75) is 6.92 Å². The van der Waals surface area contributed by atoms with Gasteiger partial charge in [-0.3, -0.25) is 4.79 Å². The summed E-state index contributed by atoms with van der Waals surface area (Å²) in [7, 11) is 5.29. The van der Waals surface area contributed by atoms with Gasteiger partial charge in [-0.25, -0.2) is 4.98 Å². The van der Waals surface area contributed by atoms with Crippen molar-refractivity contribution in [1.29, 1.82) is 0 Å². The highest BCUT2D eigenvalue weighted by Crippen LogP contribution is 2.26. The Bertz CT molecular complexity index is 654. The molecule has 0 saturated heterocycles. The van der Waals surface area contributed by atoms with Gasteiger partial charge in [0.1, 0.15) is 11.6 Å². The summed E-state index contributed by atoms with van der Waals surface area (Å²) in [6.45, 7) is 1.96. The predicted octanol–water partition coefficient (Wildman–Crippen LogP) is 2.72. The van der Waals surface area contributed by atoms with Crippen molar-refractivity contribution in [3.05, 3.63) is 47.7 Å². The first-order valence-electron chi connectivity index (χ1n) is 6.61. The molecule has 5 heteroatoms. The maximum atomic E-state index is 12.5. The third kappa shape index (κ3) is 3.31. The molecule has 0 atom stereocenters. The van der Waals surface area contributed by atoms with E-state index in [0.29, 0.717) is 22.8 Å². The van der Waals surface area contributed by atoms with Gasteiger partial charge in [-0.1, -0.05) is 6.07 Å². The Hall–Kier alpha value is -2.56. The van der Waals surface area contributed by atoms with E-state index in [1.54, 1.807) is 25.4 Å². The first-order valence-corrected chi connectivity index (χ1v) is 6.61. The molecule has 0 saturated carbocycles. The lowest BCUT2D eigenvalue weighted by Gasteiger charge is -2.16. The lowest BCUT2D eigenvalue weighted by atomic mass is 10.2. The zero-order valence-electron chi connectivity index (χ0n) is 12.7. The second-order valence-electron chi connectivity index (χ2n) is 4.93. The number of amides is 1. The van der Waals surface area contributed by atoms with E-state index in [-0.39, 0.29) is 5.91 Å². The molecular formula is C16H19N3O2. The van der Waals surface area contributed by atoms with Gasteiger partial charge in [-0.05, 0) is 36.8 Å². The number of hydrogen-bond donors (Lipinski definition) is 1. The summed E-state index contributed by atoms with van der Waals surface area (Å²) < 4.78 is 5.27. The smallest absolute Gasteiger partial charge is 0.259 e. The van der Waals surface area contributed by atoms with E-state index >= 15 is 0 Å². The molecule has 0 bridgehead atoms. The number of nitrogens with zero attached hydrogens (tertiary/aromatic N) is 2. The van der Waals surface area contributed by atoms with Crippen LogP contribution in [0.3, 0.4) is 0 Å². The summed E-state index contributed by atoms with van der Waals surface area (Å²) in [5.41, 5.74) is 2.22. The average molecular weight is 285 g/mol. The Morgan fingerprint density at radius 1 is 1.29 bits per heavy atom. The molecule has 0 aliphatic carbocycles. The molecule has 0 radical (unpaired) electrons. The molecule has 5 nitrogen and oxygen atoms in total. The number of carbonyl (C=O) groups excluding carboxylic acids is 1. The highest BCUT2D eigenvalue weighted by Gasteiger charge is 2.15. The van der Waals surface area contributed by atoms with Crippen LogP contribution in [-0.4, -0.2) is 32.1 Å². The SMILES string of the molecule is COc1ccc(C)cc1NC(=O)c1cccnc1N(C)C. The average Bonchev–Trinajstić information content (AvgIpc) is 2.47. The lowest BCUT2D eigenvalue weighted by Crippen LogP contribution is -2.20. The van der Waals surface area contributed by atoms with Crippen molar-refractivity contribution >= 4 is 17.4 Å². The Balaban J connectivity index is 2.33. The van der Waals surface area contributed by atoms with Gasteiger partial charge in [-0.15, -0.1) is 0 Å². The first-order chi connectivity index (χ1) is 10.0. The number of methoxy groups -OCH3 is 1. The number of pyridine rings is 1. The van der Waals surface area contributed by atoms with Gasteiger partial charge in [0.25, 0.3) is 5.91 Å². The third-order valence-electron chi connectivity index (χ3n) is 3.06.